The number of carbonyl (C=O) groups is 1. The number of hydrogen-bond donors (Lipinski definition) is 0. The molecule has 1 heterocycles. The van der Waals surface area contributed by atoms with Crippen LogP contribution in [-0.4, -0.2) is 49.8 Å². The van der Waals surface area contributed by atoms with Gasteiger partial charge in [-0.15, -0.1) is 0 Å². The molecule has 5 heteroatoms. The number of methoxy groups -OCH3 is 1. The van der Waals surface area contributed by atoms with E-state index in [0.29, 0.717) is 18.1 Å². The molecule has 15 heavy (non-hydrogen) atoms. The van der Waals surface area contributed by atoms with Crippen LogP contribution in [0.25, 0.3) is 0 Å². The number of rotatable bonds is 3. The fourth-order valence-electron chi connectivity index (χ4n) is 1.67. The van der Waals surface area contributed by atoms with Crippen molar-refractivity contribution in [2.75, 3.05) is 26.7 Å². The Hall–Kier alpha value is -0.580. The average molecular weight is 234 g/mol. The maximum Gasteiger partial charge on any atom is 0.336 e. The maximum absolute atomic E-state index is 11.3. The van der Waals surface area contributed by atoms with Crippen LogP contribution in [0, 0.1) is 0 Å². The highest BCUT2D eigenvalue weighted by molar-refractivity contribution is 6.29. The Bertz CT molecular complexity index is 257. The van der Waals surface area contributed by atoms with Crippen LogP contribution in [0.2, 0.25) is 0 Å². The van der Waals surface area contributed by atoms with Crippen molar-refractivity contribution in [3.8, 4) is 0 Å². The van der Waals surface area contributed by atoms with E-state index in [9.17, 15) is 4.79 Å². The Balaban J connectivity index is 2.55. The molecule has 0 bridgehead atoms. The van der Waals surface area contributed by atoms with E-state index < -0.39 is 6.10 Å². The Labute approximate surface area is 94.8 Å². The van der Waals surface area contributed by atoms with E-state index in [1.807, 2.05) is 11.8 Å². The quantitative estimate of drug-likeness (QED) is 0.682. The molecule has 0 saturated carbocycles. The lowest BCUT2D eigenvalue weighted by molar-refractivity contribution is -0.165. The predicted molar refractivity (Wildman–Crippen MR) is 57.8 cm³/mol. The zero-order valence-electron chi connectivity index (χ0n) is 9.03. The minimum absolute atomic E-state index is 0.00105. The summed E-state index contributed by atoms with van der Waals surface area (Å²) in [5.74, 6) is -0.341. The monoisotopic (exact) mass is 233 g/mol. The molecule has 2 atom stereocenters. The molecule has 0 radical (unpaired) electrons. The van der Waals surface area contributed by atoms with Gasteiger partial charge in [0, 0.05) is 24.7 Å². The number of hydrogen-bond acceptors (Lipinski definition) is 4. The van der Waals surface area contributed by atoms with Gasteiger partial charge in [-0.1, -0.05) is 18.2 Å². The van der Waals surface area contributed by atoms with Gasteiger partial charge >= 0.3 is 5.97 Å². The van der Waals surface area contributed by atoms with Crippen LogP contribution in [0.3, 0.4) is 0 Å². The molecular weight excluding hydrogens is 218 g/mol. The number of morpholine rings is 1. The highest BCUT2D eigenvalue weighted by Gasteiger charge is 2.30. The summed E-state index contributed by atoms with van der Waals surface area (Å²) >= 11 is 5.73. The average Bonchev–Trinajstić information content (AvgIpc) is 2.14. The third-order valence-corrected chi connectivity index (χ3v) is 2.31. The van der Waals surface area contributed by atoms with Crippen molar-refractivity contribution >= 4 is 17.6 Å². The third-order valence-electron chi connectivity index (χ3n) is 2.20. The van der Waals surface area contributed by atoms with Gasteiger partial charge in [0.05, 0.1) is 13.2 Å². The molecule has 1 aliphatic heterocycles. The van der Waals surface area contributed by atoms with Crippen LogP contribution in [0.15, 0.2) is 11.6 Å². The second-order valence-corrected chi connectivity index (χ2v) is 4.20. The van der Waals surface area contributed by atoms with Gasteiger partial charge < -0.3 is 9.47 Å². The standard InChI is InChI=1S/C10H16ClNO3/c1-7(11)4-12-5-8(2)15-9(6-12)10(13)14-3/h8-9H,1,4-6H2,2-3H3/t8-,9+/m1/s1. The lowest BCUT2D eigenvalue weighted by Crippen LogP contribution is -2.50. The Morgan fingerprint density at radius 3 is 2.87 bits per heavy atom. The Kier molecular flexibility index (Phi) is 4.57. The number of halogens is 1. The SMILES string of the molecule is C=C(Cl)CN1C[C@@H](C)O[C@H](C(=O)OC)C1. The van der Waals surface area contributed by atoms with Gasteiger partial charge in [0.15, 0.2) is 6.10 Å². The second-order valence-electron chi connectivity index (χ2n) is 3.67. The summed E-state index contributed by atoms with van der Waals surface area (Å²) < 4.78 is 10.1. The van der Waals surface area contributed by atoms with Gasteiger partial charge in [0.1, 0.15) is 0 Å². The van der Waals surface area contributed by atoms with Gasteiger partial charge in [0.2, 0.25) is 0 Å². The minimum Gasteiger partial charge on any atom is -0.467 e. The highest BCUT2D eigenvalue weighted by Crippen LogP contribution is 2.14. The molecule has 0 aliphatic carbocycles. The van der Waals surface area contributed by atoms with E-state index in [0.717, 1.165) is 6.54 Å². The predicted octanol–water partition coefficient (Wildman–Crippen LogP) is 1.00. The number of carbonyl (C=O) groups excluding carboxylic acids is 1. The van der Waals surface area contributed by atoms with E-state index in [-0.39, 0.29) is 12.1 Å². The van der Waals surface area contributed by atoms with E-state index >= 15 is 0 Å². The second kappa shape index (κ2) is 5.49. The number of ether oxygens (including phenoxy) is 2. The van der Waals surface area contributed by atoms with Gasteiger partial charge in [-0.05, 0) is 6.92 Å². The van der Waals surface area contributed by atoms with Gasteiger partial charge in [0.25, 0.3) is 0 Å². The first kappa shape index (κ1) is 12.5. The van der Waals surface area contributed by atoms with Gasteiger partial charge in [-0.25, -0.2) is 4.79 Å². The van der Waals surface area contributed by atoms with E-state index in [1.54, 1.807) is 0 Å². The zero-order chi connectivity index (χ0) is 11.4. The van der Waals surface area contributed by atoms with Gasteiger partial charge in [-0.3, -0.25) is 4.90 Å². The largest absolute Gasteiger partial charge is 0.467 e. The van der Waals surface area contributed by atoms with E-state index in [2.05, 4.69) is 11.3 Å². The van der Waals surface area contributed by atoms with Crippen molar-refractivity contribution in [3.63, 3.8) is 0 Å². The van der Waals surface area contributed by atoms with Crippen molar-refractivity contribution in [1.29, 1.82) is 0 Å². The topological polar surface area (TPSA) is 38.8 Å². The van der Waals surface area contributed by atoms with Crippen LogP contribution < -0.4 is 0 Å². The van der Waals surface area contributed by atoms with Crippen LogP contribution in [0.1, 0.15) is 6.92 Å². The van der Waals surface area contributed by atoms with Crippen molar-refractivity contribution in [2.24, 2.45) is 0 Å². The molecule has 0 aromatic carbocycles. The fourth-order valence-corrected chi connectivity index (χ4v) is 1.84. The molecule has 1 aliphatic rings. The highest BCUT2D eigenvalue weighted by atomic mass is 35.5. The van der Waals surface area contributed by atoms with Crippen molar-refractivity contribution in [1.82, 2.24) is 4.90 Å². The molecule has 0 spiro atoms. The normalized spacial score (nSPS) is 27.4. The zero-order valence-corrected chi connectivity index (χ0v) is 9.79. The fraction of sp³-hybridized carbons (Fsp3) is 0.700. The molecule has 86 valence electrons. The van der Waals surface area contributed by atoms with E-state index in [4.69, 9.17) is 16.3 Å². The Morgan fingerprint density at radius 2 is 2.33 bits per heavy atom. The van der Waals surface area contributed by atoms with Crippen LogP contribution >= 0.6 is 11.6 Å². The van der Waals surface area contributed by atoms with E-state index in [1.165, 1.54) is 7.11 Å². The molecule has 0 amide bonds. The molecule has 0 aromatic rings. The minimum atomic E-state index is -0.519. The summed E-state index contributed by atoms with van der Waals surface area (Å²) in [5.41, 5.74) is 0. The van der Waals surface area contributed by atoms with Crippen LogP contribution in [0.5, 0.6) is 0 Å². The summed E-state index contributed by atoms with van der Waals surface area (Å²) in [5, 5.41) is 0.563. The third kappa shape index (κ3) is 3.81. The summed E-state index contributed by atoms with van der Waals surface area (Å²) in [4.78, 5) is 13.3. The van der Waals surface area contributed by atoms with Crippen LogP contribution in [-0.2, 0) is 14.3 Å². The first-order valence-corrected chi connectivity index (χ1v) is 5.19. The lowest BCUT2D eigenvalue weighted by Gasteiger charge is -2.35. The molecule has 1 rings (SSSR count). The molecule has 0 unspecified atom stereocenters. The number of esters is 1. The molecule has 1 saturated heterocycles. The smallest absolute Gasteiger partial charge is 0.336 e. The molecule has 0 aromatic heterocycles. The number of nitrogens with zero attached hydrogens (tertiary/aromatic N) is 1. The molecule has 0 N–H and O–H groups in total. The first-order valence-electron chi connectivity index (χ1n) is 4.82. The van der Waals surface area contributed by atoms with Crippen molar-refractivity contribution in [2.45, 2.75) is 19.1 Å². The van der Waals surface area contributed by atoms with Crippen molar-refractivity contribution in [3.05, 3.63) is 11.6 Å². The molecular formula is C10H16ClNO3. The molecule has 4 nitrogen and oxygen atoms in total. The molecule has 1 fully saturated rings. The van der Waals surface area contributed by atoms with Crippen molar-refractivity contribution < 1.29 is 14.3 Å². The summed E-state index contributed by atoms with van der Waals surface area (Å²) in [6.45, 7) is 7.37. The summed E-state index contributed by atoms with van der Waals surface area (Å²) in [6.07, 6.45) is -0.520. The lowest BCUT2D eigenvalue weighted by atomic mass is 10.2. The van der Waals surface area contributed by atoms with Gasteiger partial charge in [-0.2, -0.15) is 0 Å². The summed E-state index contributed by atoms with van der Waals surface area (Å²) in [6, 6.07) is 0. The first-order chi connectivity index (χ1) is 7.02. The van der Waals surface area contributed by atoms with Crippen LogP contribution in [0.4, 0.5) is 0 Å². The Morgan fingerprint density at radius 1 is 1.67 bits per heavy atom. The summed E-state index contributed by atoms with van der Waals surface area (Å²) in [7, 11) is 1.36. The maximum atomic E-state index is 11.3.